The maximum atomic E-state index is 6.79. The SMILES string of the molecule is CN(C)c1ccc(C2=NN(c3ccc(N)cc3)C34c5c6c7c8c9c%10c(c%11c%12c3c3c5c5c%13c6c6c7c7c9c9c%14c%10c%10c%11c%11c%12c%12c3c3c5c5c%13c%13c6c6c7c9c7c9c%14c%10c%10c%11c%11c%12c3c3c5c5c%13c6c7c6c9c%10c%11c3c56)C284)cc1. The number of rotatable bonds is 3. The van der Waals surface area contributed by atoms with Crippen molar-refractivity contribution >= 4 is 314 Å². The third-order valence-corrected chi connectivity index (χ3v) is 26.9. The minimum atomic E-state index is -0.746. The molecule has 30 aromatic rings. The van der Waals surface area contributed by atoms with E-state index < -0.39 is 11.0 Å². The molecule has 2 spiro atoms. The first-order valence-electron chi connectivity index (χ1n) is 28.9. The summed E-state index contributed by atoms with van der Waals surface area (Å²) < 4.78 is 0. The van der Waals surface area contributed by atoms with E-state index >= 15 is 0 Å². The molecule has 4 heteroatoms. The molecule has 35 rings (SSSR count). The molecule has 5 aliphatic rings. The molecule has 4 aliphatic carbocycles. The van der Waals surface area contributed by atoms with Crippen molar-refractivity contribution < 1.29 is 0 Å². The van der Waals surface area contributed by atoms with Crippen LogP contribution in [-0.4, -0.2) is 19.8 Å². The lowest BCUT2D eigenvalue weighted by molar-refractivity contribution is 0.425. The summed E-state index contributed by atoms with van der Waals surface area (Å²) in [6.45, 7) is 0. The summed E-state index contributed by atoms with van der Waals surface area (Å²) in [6, 6.07) is 18.6. The van der Waals surface area contributed by atoms with E-state index in [2.05, 4.69) is 72.5 Å². The van der Waals surface area contributed by atoms with Crippen LogP contribution in [0.5, 0.6) is 0 Å². The molecule has 0 fully saturated rings. The van der Waals surface area contributed by atoms with Crippen LogP contribution in [0.25, 0.3) is 291 Å². The molecule has 336 valence electrons. The predicted molar refractivity (Wildman–Crippen MR) is 335 cm³/mol. The van der Waals surface area contributed by atoms with Crippen LogP contribution in [0.1, 0.15) is 27.8 Å². The van der Waals surface area contributed by atoms with E-state index in [1.807, 2.05) is 0 Å². The first-order valence-corrected chi connectivity index (χ1v) is 28.9. The number of nitrogens with zero attached hydrogens (tertiary/aromatic N) is 3. The fourth-order valence-electron chi connectivity index (χ4n) is 26.3. The molecule has 0 aromatic heterocycles. The average Bonchev–Trinajstić information content (AvgIpc) is 1.40. The van der Waals surface area contributed by atoms with Gasteiger partial charge in [-0.15, -0.1) is 0 Å². The summed E-state index contributed by atoms with van der Waals surface area (Å²) in [4.78, 5) is 2.26. The average molecular weight is 973 g/mol. The molecule has 1 heterocycles. The van der Waals surface area contributed by atoms with Crippen molar-refractivity contribution in [2.75, 3.05) is 29.7 Å². The number of benzene rings is 20. The van der Waals surface area contributed by atoms with Gasteiger partial charge in [-0.05, 0) is 344 Å². The molecule has 2 N–H and O–H groups in total. The largest absolute Gasteiger partial charge is 0.399 e. The van der Waals surface area contributed by atoms with Crippen molar-refractivity contribution in [1.82, 2.24) is 0 Å². The van der Waals surface area contributed by atoms with Gasteiger partial charge < -0.3 is 10.6 Å². The Morgan fingerprint density at radius 1 is 0.291 bits per heavy atom. The highest BCUT2D eigenvalue weighted by Crippen LogP contribution is 2.86. The number of anilines is 3. The number of hydrazone groups is 1. The second-order valence-corrected chi connectivity index (χ2v) is 28.0. The summed E-state index contributed by atoms with van der Waals surface area (Å²) in [5, 5.41) is 96.0. The van der Waals surface area contributed by atoms with Gasteiger partial charge in [0.15, 0.2) is 0 Å². The Balaban J connectivity index is 1.08. The monoisotopic (exact) mass is 972 g/mol. The lowest BCUT2D eigenvalue weighted by atomic mass is 9.50. The number of nitrogen functional groups attached to an aromatic ring is 1. The molecule has 0 radical (unpaired) electrons. The van der Waals surface area contributed by atoms with Gasteiger partial charge in [0.2, 0.25) is 0 Å². The van der Waals surface area contributed by atoms with E-state index in [9.17, 15) is 0 Å². The minimum absolute atomic E-state index is 0.695. The highest BCUT2D eigenvalue weighted by Gasteiger charge is 2.76. The van der Waals surface area contributed by atoms with Crippen molar-refractivity contribution in [3.8, 4) is 0 Å². The van der Waals surface area contributed by atoms with Crippen LogP contribution < -0.4 is 15.6 Å². The second kappa shape index (κ2) is 7.19. The van der Waals surface area contributed by atoms with Gasteiger partial charge in [0.05, 0.1) is 11.4 Å². The van der Waals surface area contributed by atoms with Gasteiger partial charge in [-0.3, -0.25) is 0 Å². The first kappa shape index (κ1) is 30.6. The normalized spacial score (nSPS) is 21.2. The zero-order valence-corrected chi connectivity index (χ0v) is 41.0. The van der Waals surface area contributed by atoms with Gasteiger partial charge in [0.25, 0.3) is 0 Å². The van der Waals surface area contributed by atoms with E-state index in [-0.39, 0.29) is 0 Å². The molecule has 4 nitrogen and oxygen atoms in total. The Bertz CT molecular complexity index is 7790. The molecule has 1 aliphatic heterocycles. The Morgan fingerprint density at radius 2 is 0.519 bits per heavy atom. The summed E-state index contributed by atoms with van der Waals surface area (Å²) in [7, 11) is 4.36. The molecular weight excluding hydrogens is 957 g/mol. The van der Waals surface area contributed by atoms with Gasteiger partial charge in [0.1, 0.15) is 11.0 Å². The molecular formula is C75H16N4. The molecule has 0 bridgehead atoms. The van der Waals surface area contributed by atoms with E-state index in [0.717, 1.165) is 11.4 Å². The number of hydrogen-bond acceptors (Lipinski definition) is 4. The van der Waals surface area contributed by atoms with Crippen molar-refractivity contribution in [1.29, 1.82) is 0 Å². The van der Waals surface area contributed by atoms with E-state index in [4.69, 9.17) is 10.8 Å². The van der Waals surface area contributed by atoms with Gasteiger partial charge in [-0.25, -0.2) is 5.01 Å². The molecule has 0 unspecified atom stereocenters. The Labute approximate surface area is 433 Å². The van der Waals surface area contributed by atoms with Crippen LogP contribution in [0.2, 0.25) is 0 Å². The van der Waals surface area contributed by atoms with Crippen LogP contribution in [0.3, 0.4) is 0 Å². The van der Waals surface area contributed by atoms with E-state index in [1.165, 1.54) is 17.0 Å². The van der Waals surface area contributed by atoms with Gasteiger partial charge in [0, 0.05) is 36.6 Å². The van der Waals surface area contributed by atoms with Crippen LogP contribution in [0.15, 0.2) is 53.6 Å². The third kappa shape index (κ3) is 1.75. The molecule has 0 saturated carbocycles. The lowest BCUT2D eigenvalue weighted by Gasteiger charge is -2.53. The molecule has 0 saturated heterocycles. The quantitative estimate of drug-likeness (QED) is 0.142. The van der Waals surface area contributed by atoms with E-state index in [1.54, 1.807) is 313 Å². The lowest BCUT2D eigenvalue weighted by Crippen LogP contribution is -2.59. The maximum Gasteiger partial charge on any atom is 0.135 e. The highest BCUT2D eigenvalue weighted by atomic mass is 15.5. The van der Waals surface area contributed by atoms with Crippen molar-refractivity contribution in [2.45, 2.75) is 11.0 Å². The zero-order valence-electron chi connectivity index (χ0n) is 41.0. The molecule has 0 amide bonds. The zero-order chi connectivity index (χ0) is 47.9. The smallest absolute Gasteiger partial charge is 0.135 e. The standard InChI is InChI=1S/C75H16N4/c1-78(2)13-7-3-11(4-8-13)73-74-69-61-53-43-33-25-17-15-16-19-23-21(17)29-37-31(23)41-35-27(19)28-20(16)24-22-18(15)26(25)34-40-30(22)38-32(24)42-36(28)46-45(35)57-51(41)59-49(37)55(47(53)39(29)33)63(69)65(59)71-67(57)68-58(46)52(42)60-50(38)56-48(40)54(44(34)43)62(61)70(74)64(56)66(60)72(68)75(71,74)79(77-73)14-9-5-12(76)6-10-14/h3-10H,76H2,1-2H3. The van der Waals surface area contributed by atoms with Crippen LogP contribution in [-0.2, 0) is 11.0 Å². The first-order chi connectivity index (χ1) is 39.1. The summed E-state index contributed by atoms with van der Waals surface area (Å²) in [5.41, 5.74) is 17.3. The van der Waals surface area contributed by atoms with Crippen molar-refractivity contribution in [3.05, 3.63) is 76.3 Å². The molecule has 0 atom stereocenters. The van der Waals surface area contributed by atoms with Crippen molar-refractivity contribution in [3.63, 3.8) is 0 Å². The highest BCUT2D eigenvalue weighted by molar-refractivity contribution is 6.82. The van der Waals surface area contributed by atoms with Gasteiger partial charge >= 0.3 is 0 Å². The Morgan fingerprint density at radius 3 is 0.759 bits per heavy atom. The number of hydrogen-bond donors (Lipinski definition) is 1. The van der Waals surface area contributed by atoms with Crippen LogP contribution in [0, 0.1) is 0 Å². The predicted octanol–water partition coefficient (Wildman–Crippen LogP) is 18.8. The van der Waals surface area contributed by atoms with Gasteiger partial charge in [-0.1, -0.05) is 12.1 Å². The fourth-order valence-corrected chi connectivity index (χ4v) is 26.3. The summed E-state index contributed by atoms with van der Waals surface area (Å²) >= 11 is 0. The van der Waals surface area contributed by atoms with Crippen molar-refractivity contribution in [2.24, 2.45) is 5.10 Å². The summed E-state index contributed by atoms with van der Waals surface area (Å²) in [5.74, 6) is 0. The maximum absolute atomic E-state index is 6.79. The van der Waals surface area contributed by atoms with Crippen LogP contribution in [0.4, 0.5) is 17.1 Å². The molecule has 30 aromatic carbocycles. The third-order valence-electron chi connectivity index (χ3n) is 26.9. The summed E-state index contributed by atoms with van der Waals surface area (Å²) in [6.07, 6.45) is 0. The fraction of sp³-hybridized carbons (Fsp3) is 0.0533. The molecule has 79 heavy (non-hydrogen) atoms. The second-order valence-electron chi connectivity index (χ2n) is 28.0. The Kier molecular flexibility index (Phi) is 2.79. The number of nitrogens with two attached hydrogens (primary N) is 1. The van der Waals surface area contributed by atoms with Gasteiger partial charge in [-0.2, -0.15) is 5.10 Å². The van der Waals surface area contributed by atoms with E-state index in [0.29, 0.717) is 0 Å². The minimum Gasteiger partial charge on any atom is -0.399 e. The topological polar surface area (TPSA) is 44.9 Å². The Hall–Kier alpha value is -10.0. The van der Waals surface area contributed by atoms with Crippen LogP contribution >= 0.6 is 0 Å².